The van der Waals surface area contributed by atoms with Crippen molar-refractivity contribution < 1.29 is 14.3 Å². The highest BCUT2D eigenvalue weighted by atomic mass is 16.5. The first-order valence-electron chi connectivity index (χ1n) is 9.46. The summed E-state index contributed by atoms with van der Waals surface area (Å²) in [5.74, 6) is 0.481. The van der Waals surface area contributed by atoms with E-state index in [4.69, 9.17) is 4.74 Å². The Morgan fingerprint density at radius 3 is 2.73 bits per heavy atom. The Hall–Kier alpha value is -4.00. The molecule has 0 bridgehead atoms. The summed E-state index contributed by atoms with van der Waals surface area (Å²) in [7, 11) is 1.59. The Labute approximate surface area is 174 Å². The first-order chi connectivity index (χ1) is 14.6. The number of carbonyl (C=O) groups excluding carboxylic acids is 2. The summed E-state index contributed by atoms with van der Waals surface area (Å²) in [6, 6.07) is 20.0. The second-order valence-electron chi connectivity index (χ2n) is 6.71. The van der Waals surface area contributed by atoms with Crippen molar-refractivity contribution in [1.82, 2.24) is 4.98 Å². The zero-order chi connectivity index (χ0) is 20.9. The van der Waals surface area contributed by atoms with Crippen LogP contribution >= 0.6 is 0 Å². The molecule has 0 spiro atoms. The van der Waals surface area contributed by atoms with Gasteiger partial charge in [-0.1, -0.05) is 30.3 Å². The molecule has 7 nitrogen and oxygen atoms in total. The molecule has 0 unspecified atom stereocenters. The summed E-state index contributed by atoms with van der Waals surface area (Å²) >= 11 is 0. The number of ether oxygens (including phenoxy) is 1. The Morgan fingerprint density at radius 1 is 1.10 bits per heavy atom. The minimum absolute atomic E-state index is 0.0438. The van der Waals surface area contributed by atoms with E-state index in [1.807, 2.05) is 42.5 Å². The molecule has 3 aromatic rings. The molecule has 0 aliphatic carbocycles. The highest BCUT2D eigenvalue weighted by Gasteiger charge is 2.27. The molecule has 30 heavy (non-hydrogen) atoms. The summed E-state index contributed by atoms with van der Waals surface area (Å²) in [4.78, 5) is 36.1. The third-order valence-corrected chi connectivity index (χ3v) is 4.66. The van der Waals surface area contributed by atoms with Gasteiger partial charge in [-0.3, -0.25) is 14.5 Å². The molecule has 1 aliphatic heterocycles. The van der Waals surface area contributed by atoms with Gasteiger partial charge in [-0.05, 0) is 36.4 Å². The van der Waals surface area contributed by atoms with Gasteiger partial charge in [0.15, 0.2) is 5.82 Å². The largest absolute Gasteiger partial charge is 0.497 e. The van der Waals surface area contributed by atoms with E-state index >= 15 is 0 Å². The van der Waals surface area contributed by atoms with Gasteiger partial charge >= 0.3 is 0 Å². The quantitative estimate of drug-likeness (QED) is 0.709. The molecule has 2 amide bonds. The molecule has 0 saturated heterocycles. The molecule has 4 rings (SSSR count). The molecular formula is C23H20N4O3. The number of amides is 2. The lowest BCUT2D eigenvalue weighted by Gasteiger charge is -2.20. The van der Waals surface area contributed by atoms with Crippen LogP contribution in [0.4, 0.5) is 17.2 Å². The number of aliphatic imine (C=N–C) groups is 1. The molecule has 0 fully saturated rings. The zero-order valence-electron chi connectivity index (χ0n) is 16.4. The molecule has 1 aliphatic rings. The van der Waals surface area contributed by atoms with E-state index in [1.165, 1.54) is 4.90 Å². The molecule has 1 N–H and O–H groups in total. The van der Waals surface area contributed by atoms with Gasteiger partial charge in [0.25, 0.3) is 0 Å². The van der Waals surface area contributed by atoms with E-state index in [0.29, 0.717) is 28.7 Å². The maximum Gasteiger partial charge on any atom is 0.244 e. The molecular weight excluding hydrogens is 380 g/mol. The highest BCUT2D eigenvalue weighted by Crippen LogP contribution is 2.31. The molecule has 0 saturated carbocycles. The SMILES string of the molecule is COc1cccc(C2=Nc3cccnc3N(CC(=O)Nc3ccccc3)C(=O)C2)c1. The second-order valence-corrected chi connectivity index (χ2v) is 6.71. The minimum Gasteiger partial charge on any atom is -0.497 e. The molecule has 7 heteroatoms. The van der Waals surface area contributed by atoms with Crippen LogP contribution in [0, 0.1) is 0 Å². The lowest BCUT2D eigenvalue weighted by atomic mass is 10.1. The van der Waals surface area contributed by atoms with E-state index in [1.54, 1.807) is 37.6 Å². The Bertz CT molecular complexity index is 1110. The van der Waals surface area contributed by atoms with Crippen LogP contribution in [0.15, 0.2) is 77.9 Å². The van der Waals surface area contributed by atoms with Crippen LogP contribution in [0.1, 0.15) is 12.0 Å². The summed E-state index contributed by atoms with van der Waals surface area (Å²) in [6.07, 6.45) is 1.63. The van der Waals surface area contributed by atoms with Gasteiger partial charge < -0.3 is 10.1 Å². The number of hydrogen-bond acceptors (Lipinski definition) is 5. The number of hydrogen-bond donors (Lipinski definition) is 1. The fourth-order valence-corrected chi connectivity index (χ4v) is 3.22. The van der Waals surface area contributed by atoms with Crippen molar-refractivity contribution in [3.05, 3.63) is 78.5 Å². The van der Waals surface area contributed by atoms with Crippen molar-refractivity contribution in [2.24, 2.45) is 4.99 Å². The Kier molecular flexibility index (Phi) is 5.52. The van der Waals surface area contributed by atoms with Crippen molar-refractivity contribution in [2.45, 2.75) is 6.42 Å². The molecule has 1 aromatic heterocycles. The summed E-state index contributed by atoms with van der Waals surface area (Å²) in [5.41, 5.74) is 2.58. The number of para-hydroxylation sites is 1. The maximum absolute atomic E-state index is 13.1. The number of aromatic nitrogens is 1. The lowest BCUT2D eigenvalue weighted by molar-refractivity contribution is -0.120. The predicted octanol–water partition coefficient (Wildman–Crippen LogP) is 3.59. The van der Waals surface area contributed by atoms with Crippen LogP contribution in [0.25, 0.3) is 0 Å². The monoisotopic (exact) mass is 400 g/mol. The number of anilines is 2. The van der Waals surface area contributed by atoms with E-state index in [0.717, 1.165) is 5.56 Å². The number of fused-ring (bicyclic) bond motifs is 1. The van der Waals surface area contributed by atoms with E-state index in [2.05, 4.69) is 15.3 Å². The van der Waals surface area contributed by atoms with Gasteiger partial charge in [0.1, 0.15) is 18.0 Å². The van der Waals surface area contributed by atoms with Gasteiger partial charge in [0, 0.05) is 17.4 Å². The normalized spacial score (nSPS) is 13.2. The third-order valence-electron chi connectivity index (χ3n) is 4.66. The lowest BCUT2D eigenvalue weighted by Crippen LogP contribution is -2.38. The second kappa shape index (κ2) is 8.57. The summed E-state index contributed by atoms with van der Waals surface area (Å²) in [6.45, 7) is -0.154. The van der Waals surface area contributed by atoms with Crippen LogP contribution < -0.4 is 15.0 Å². The highest BCUT2D eigenvalue weighted by molar-refractivity contribution is 6.18. The van der Waals surface area contributed by atoms with Crippen molar-refractivity contribution >= 4 is 34.7 Å². The van der Waals surface area contributed by atoms with Crippen LogP contribution in [-0.4, -0.2) is 36.2 Å². The summed E-state index contributed by atoms with van der Waals surface area (Å²) in [5, 5.41) is 2.80. The predicted molar refractivity (Wildman–Crippen MR) is 115 cm³/mol. The fraction of sp³-hybridized carbons (Fsp3) is 0.130. The number of rotatable bonds is 5. The van der Waals surface area contributed by atoms with Crippen molar-refractivity contribution in [2.75, 3.05) is 23.9 Å². The van der Waals surface area contributed by atoms with Gasteiger partial charge in [-0.15, -0.1) is 0 Å². The summed E-state index contributed by atoms with van der Waals surface area (Å²) < 4.78 is 5.29. The number of pyridine rings is 1. The first-order valence-corrected chi connectivity index (χ1v) is 9.46. The van der Waals surface area contributed by atoms with Crippen LogP contribution in [0.2, 0.25) is 0 Å². The molecule has 0 atom stereocenters. The van der Waals surface area contributed by atoms with Crippen LogP contribution in [-0.2, 0) is 9.59 Å². The van der Waals surface area contributed by atoms with Crippen LogP contribution in [0.3, 0.4) is 0 Å². The first kappa shape index (κ1) is 19.3. The smallest absolute Gasteiger partial charge is 0.244 e. The average Bonchev–Trinajstić information content (AvgIpc) is 2.91. The molecule has 150 valence electrons. The van der Waals surface area contributed by atoms with Gasteiger partial charge in [-0.25, -0.2) is 9.98 Å². The number of nitrogens with one attached hydrogen (secondary N) is 1. The van der Waals surface area contributed by atoms with E-state index in [9.17, 15) is 9.59 Å². The van der Waals surface area contributed by atoms with E-state index < -0.39 is 0 Å². The van der Waals surface area contributed by atoms with Gasteiger partial charge in [0.05, 0.1) is 19.2 Å². The average molecular weight is 400 g/mol. The Balaban J connectivity index is 1.63. The van der Waals surface area contributed by atoms with E-state index in [-0.39, 0.29) is 24.8 Å². The number of methoxy groups -OCH3 is 1. The number of carbonyl (C=O) groups is 2. The Morgan fingerprint density at radius 2 is 1.93 bits per heavy atom. The number of benzene rings is 2. The zero-order valence-corrected chi connectivity index (χ0v) is 16.4. The van der Waals surface area contributed by atoms with Crippen LogP contribution in [0.5, 0.6) is 5.75 Å². The van der Waals surface area contributed by atoms with Crippen molar-refractivity contribution in [1.29, 1.82) is 0 Å². The maximum atomic E-state index is 13.1. The molecule has 2 aromatic carbocycles. The van der Waals surface area contributed by atoms with Crippen molar-refractivity contribution in [3.8, 4) is 5.75 Å². The minimum atomic E-state index is -0.309. The third kappa shape index (κ3) is 4.20. The standard InChI is InChI=1S/C23H20N4O3/c1-30-18-10-5-7-16(13-18)20-14-22(29)27(23-19(26-20)11-6-12-24-23)15-21(28)25-17-8-3-2-4-9-17/h2-13H,14-15H2,1H3,(H,25,28). The van der Waals surface area contributed by atoms with Gasteiger partial charge in [0.2, 0.25) is 11.8 Å². The molecule has 0 radical (unpaired) electrons. The number of nitrogens with zero attached hydrogens (tertiary/aromatic N) is 3. The van der Waals surface area contributed by atoms with Crippen molar-refractivity contribution in [3.63, 3.8) is 0 Å². The topological polar surface area (TPSA) is 83.9 Å². The fourth-order valence-electron chi connectivity index (χ4n) is 3.22. The molecule has 2 heterocycles. The van der Waals surface area contributed by atoms with Gasteiger partial charge in [-0.2, -0.15) is 0 Å².